The summed E-state index contributed by atoms with van der Waals surface area (Å²) in [7, 11) is 0. The summed E-state index contributed by atoms with van der Waals surface area (Å²) in [5.41, 5.74) is 5.60. The lowest BCUT2D eigenvalue weighted by Crippen LogP contribution is -2.41. The van der Waals surface area contributed by atoms with Crippen LogP contribution in [0.25, 0.3) is 0 Å². The molecule has 3 atom stereocenters. The van der Waals surface area contributed by atoms with Crippen molar-refractivity contribution in [1.82, 2.24) is 0 Å². The molecular formula is C8H15NO2. The van der Waals surface area contributed by atoms with Gasteiger partial charge in [-0.1, -0.05) is 0 Å². The van der Waals surface area contributed by atoms with Crippen molar-refractivity contribution in [3.63, 3.8) is 0 Å². The van der Waals surface area contributed by atoms with Crippen LogP contribution in [0.15, 0.2) is 0 Å². The van der Waals surface area contributed by atoms with Gasteiger partial charge in [0.25, 0.3) is 0 Å². The fourth-order valence-corrected chi connectivity index (χ4v) is 1.56. The minimum absolute atomic E-state index is 0.0911. The first-order chi connectivity index (χ1) is 5.11. The Morgan fingerprint density at radius 1 is 1.55 bits per heavy atom. The maximum atomic E-state index is 10.9. The van der Waals surface area contributed by atoms with Crippen molar-refractivity contribution in [1.29, 1.82) is 0 Å². The van der Waals surface area contributed by atoms with E-state index >= 15 is 0 Å². The van der Waals surface area contributed by atoms with Crippen LogP contribution in [0.2, 0.25) is 0 Å². The van der Waals surface area contributed by atoms with E-state index in [4.69, 9.17) is 5.73 Å². The van der Waals surface area contributed by atoms with Gasteiger partial charge >= 0.3 is 0 Å². The molecule has 0 aromatic heterocycles. The highest BCUT2D eigenvalue weighted by Crippen LogP contribution is 2.23. The SMILES string of the molecule is CC(=O)[C@H]1CC[C@@H](O)[C@H](N)C1. The average Bonchev–Trinajstić information content (AvgIpc) is 1.94. The third-order valence-corrected chi connectivity index (χ3v) is 2.44. The molecule has 1 aliphatic rings. The van der Waals surface area contributed by atoms with Crippen molar-refractivity contribution < 1.29 is 9.90 Å². The molecule has 0 aromatic carbocycles. The van der Waals surface area contributed by atoms with Crippen LogP contribution in [0.3, 0.4) is 0 Å². The van der Waals surface area contributed by atoms with Gasteiger partial charge in [0.2, 0.25) is 0 Å². The zero-order valence-corrected chi connectivity index (χ0v) is 6.79. The Morgan fingerprint density at radius 2 is 2.18 bits per heavy atom. The second kappa shape index (κ2) is 3.32. The maximum absolute atomic E-state index is 10.9. The minimum atomic E-state index is -0.398. The summed E-state index contributed by atoms with van der Waals surface area (Å²) in [6.45, 7) is 1.59. The topological polar surface area (TPSA) is 63.3 Å². The summed E-state index contributed by atoms with van der Waals surface area (Å²) < 4.78 is 0. The monoisotopic (exact) mass is 157 g/mol. The lowest BCUT2D eigenvalue weighted by Gasteiger charge is -2.29. The van der Waals surface area contributed by atoms with Crippen LogP contribution in [0, 0.1) is 5.92 Å². The number of rotatable bonds is 1. The highest BCUT2D eigenvalue weighted by molar-refractivity contribution is 5.78. The first kappa shape index (κ1) is 8.68. The maximum Gasteiger partial charge on any atom is 0.132 e. The second-order valence-electron chi connectivity index (χ2n) is 3.35. The molecule has 1 saturated carbocycles. The van der Waals surface area contributed by atoms with E-state index in [0.717, 1.165) is 6.42 Å². The van der Waals surface area contributed by atoms with E-state index in [0.29, 0.717) is 12.8 Å². The molecule has 1 aliphatic carbocycles. The molecule has 0 bridgehead atoms. The van der Waals surface area contributed by atoms with Crippen molar-refractivity contribution >= 4 is 5.78 Å². The summed E-state index contributed by atoms with van der Waals surface area (Å²) in [5, 5.41) is 9.24. The number of Topliss-reactive ketones (excluding diaryl/α,β-unsaturated/α-hetero) is 1. The lowest BCUT2D eigenvalue weighted by atomic mass is 9.82. The minimum Gasteiger partial charge on any atom is -0.392 e. The predicted molar refractivity (Wildman–Crippen MR) is 42.0 cm³/mol. The summed E-state index contributed by atoms with van der Waals surface area (Å²) in [6.07, 6.45) is 1.72. The molecule has 1 fully saturated rings. The summed E-state index contributed by atoms with van der Waals surface area (Å²) in [5.74, 6) is 0.292. The van der Waals surface area contributed by atoms with Gasteiger partial charge in [-0.2, -0.15) is 0 Å². The number of carbonyl (C=O) groups is 1. The zero-order chi connectivity index (χ0) is 8.43. The molecule has 3 N–H and O–H groups in total. The van der Waals surface area contributed by atoms with Gasteiger partial charge in [-0.3, -0.25) is 4.79 Å². The van der Waals surface area contributed by atoms with E-state index in [1.165, 1.54) is 0 Å². The van der Waals surface area contributed by atoms with Crippen molar-refractivity contribution in [2.75, 3.05) is 0 Å². The molecule has 11 heavy (non-hydrogen) atoms. The summed E-state index contributed by atoms with van der Waals surface area (Å²) >= 11 is 0. The third-order valence-electron chi connectivity index (χ3n) is 2.44. The summed E-state index contributed by atoms with van der Waals surface area (Å²) in [6, 6.07) is -0.197. The normalized spacial score (nSPS) is 38.6. The van der Waals surface area contributed by atoms with Gasteiger partial charge in [-0.25, -0.2) is 0 Å². The van der Waals surface area contributed by atoms with Gasteiger partial charge in [-0.05, 0) is 26.2 Å². The van der Waals surface area contributed by atoms with Crippen LogP contribution in [0.1, 0.15) is 26.2 Å². The van der Waals surface area contributed by atoms with Crippen LogP contribution in [-0.4, -0.2) is 23.0 Å². The van der Waals surface area contributed by atoms with Crippen molar-refractivity contribution in [3.05, 3.63) is 0 Å². The fourth-order valence-electron chi connectivity index (χ4n) is 1.56. The Balaban J connectivity index is 2.46. The number of aliphatic hydroxyl groups excluding tert-OH is 1. The lowest BCUT2D eigenvalue weighted by molar-refractivity contribution is -0.122. The van der Waals surface area contributed by atoms with Crippen molar-refractivity contribution in [2.24, 2.45) is 11.7 Å². The number of hydrogen-bond acceptors (Lipinski definition) is 3. The van der Waals surface area contributed by atoms with Crippen LogP contribution in [0.4, 0.5) is 0 Å². The van der Waals surface area contributed by atoms with Gasteiger partial charge in [0.15, 0.2) is 0 Å². The Kier molecular flexibility index (Phi) is 2.62. The standard InChI is InChI=1S/C8H15NO2/c1-5(10)6-2-3-8(11)7(9)4-6/h6-8,11H,2-4,9H2,1H3/t6-,7+,8+/m0/s1. The second-order valence-corrected chi connectivity index (χ2v) is 3.35. The molecule has 0 heterocycles. The molecule has 0 unspecified atom stereocenters. The highest BCUT2D eigenvalue weighted by Gasteiger charge is 2.28. The Labute approximate surface area is 66.6 Å². The Hall–Kier alpha value is -0.410. The van der Waals surface area contributed by atoms with Gasteiger partial charge < -0.3 is 10.8 Å². The molecule has 0 aromatic rings. The van der Waals surface area contributed by atoms with Crippen molar-refractivity contribution in [2.45, 2.75) is 38.3 Å². The number of carbonyl (C=O) groups excluding carboxylic acids is 1. The summed E-state index contributed by atoms with van der Waals surface area (Å²) in [4.78, 5) is 10.9. The molecule has 0 saturated heterocycles. The van der Waals surface area contributed by atoms with E-state index in [1.807, 2.05) is 0 Å². The predicted octanol–water partition coefficient (Wildman–Crippen LogP) is 0.0637. The molecule has 3 heteroatoms. The van der Waals surface area contributed by atoms with Crippen LogP contribution in [-0.2, 0) is 4.79 Å². The molecule has 0 aliphatic heterocycles. The average molecular weight is 157 g/mol. The number of nitrogens with two attached hydrogens (primary N) is 1. The van der Waals surface area contributed by atoms with Crippen LogP contribution < -0.4 is 5.73 Å². The largest absolute Gasteiger partial charge is 0.392 e. The van der Waals surface area contributed by atoms with Gasteiger partial charge in [0.05, 0.1) is 6.10 Å². The van der Waals surface area contributed by atoms with E-state index < -0.39 is 6.10 Å². The zero-order valence-electron chi connectivity index (χ0n) is 6.79. The Morgan fingerprint density at radius 3 is 2.64 bits per heavy atom. The van der Waals surface area contributed by atoms with Crippen molar-refractivity contribution in [3.8, 4) is 0 Å². The van der Waals surface area contributed by atoms with E-state index in [2.05, 4.69) is 0 Å². The highest BCUT2D eigenvalue weighted by atomic mass is 16.3. The first-order valence-corrected chi connectivity index (χ1v) is 4.05. The number of hydrogen-bond donors (Lipinski definition) is 2. The quantitative estimate of drug-likeness (QED) is 0.566. The molecule has 0 amide bonds. The van der Waals surface area contributed by atoms with Gasteiger partial charge in [0, 0.05) is 12.0 Å². The third kappa shape index (κ3) is 2.01. The van der Waals surface area contributed by atoms with E-state index in [-0.39, 0.29) is 17.7 Å². The Bertz CT molecular complexity index is 158. The van der Waals surface area contributed by atoms with Gasteiger partial charge in [-0.15, -0.1) is 0 Å². The van der Waals surface area contributed by atoms with E-state index in [9.17, 15) is 9.90 Å². The molecule has 1 rings (SSSR count). The number of ketones is 1. The fraction of sp³-hybridized carbons (Fsp3) is 0.875. The smallest absolute Gasteiger partial charge is 0.132 e. The number of aliphatic hydroxyl groups is 1. The molecule has 0 radical (unpaired) electrons. The molecule has 0 spiro atoms. The molecular weight excluding hydrogens is 142 g/mol. The van der Waals surface area contributed by atoms with Crippen LogP contribution >= 0.6 is 0 Å². The molecule has 64 valence electrons. The van der Waals surface area contributed by atoms with Gasteiger partial charge in [0.1, 0.15) is 5.78 Å². The van der Waals surface area contributed by atoms with Crippen LogP contribution in [0.5, 0.6) is 0 Å². The molecule has 3 nitrogen and oxygen atoms in total. The van der Waals surface area contributed by atoms with E-state index in [1.54, 1.807) is 6.92 Å². The first-order valence-electron chi connectivity index (χ1n) is 4.05.